The second-order valence-electron chi connectivity index (χ2n) is 14.4. The maximum atomic E-state index is 12.4. The smallest absolute Gasteiger partial charge is 0.307 e. The highest BCUT2D eigenvalue weighted by atomic mass is 16.4. The third-order valence-corrected chi connectivity index (χ3v) is 14.5. The summed E-state index contributed by atoms with van der Waals surface area (Å²) in [6.07, 6.45) is 17.2. The van der Waals surface area contributed by atoms with Crippen molar-refractivity contribution in [2.24, 2.45) is 100 Å². The predicted octanol–water partition coefficient (Wildman–Crippen LogP) is 5.19. The summed E-state index contributed by atoms with van der Waals surface area (Å²) in [7, 11) is 0. The van der Waals surface area contributed by atoms with Gasteiger partial charge in [-0.1, -0.05) is 31.4 Å². The monoisotopic (exact) mass is 462 g/mol. The Kier molecular flexibility index (Phi) is 3.58. The summed E-state index contributed by atoms with van der Waals surface area (Å²) in [6, 6.07) is 0. The lowest BCUT2D eigenvalue weighted by Gasteiger charge is -2.61. The van der Waals surface area contributed by atoms with E-state index in [0.717, 1.165) is 53.8 Å². The van der Waals surface area contributed by atoms with Crippen molar-refractivity contribution in [1.82, 2.24) is 0 Å². The Morgan fingerprint density at radius 3 is 1.91 bits per heavy atom. The van der Waals surface area contributed by atoms with Crippen LogP contribution in [0.4, 0.5) is 0 Å². The topological polar surface area (TPSA) is 74.6 Å². The molecule has 8 fully saturated rings. The first-order chi connectivity index (χ1) is 16.5. The highest BCUT2D eigenvalue weighted by Gasteiger charge is 2.83. The first-order valence-corrected chi connectivity index (χ1v) is 14.7. The zero-order chi connectivity index (χ0) is 22.7. The number of allylic oxidation sites excluding steroid dienone is 2. The summed E-state index contributed by atoms with van der Waals surface area (Å²) in [5.74, 6) is 6.68. The molecule has 16 unspecified atom stereocenters. The molecule has 16 atom stereocenters. The number of carboxylic acids is 2. The lowest BCUT2D eigenvalue weighted by Crippen LogP contribution is -2.58. The minimum absolute atomic E-state index is 0.125. The number of rotatable bonds is 3. The average Bonchev–Trinajstić information content (AvgIpc) is 3.67. The van der Waals surface area contributed by atoms with E-state index in [1.54, 1.807) is 0 Å². The molecule has 0 aromatic rings. The molecule has 9 aliphatic carbocycles. The maximum absolute atomic E-state index is 12.4. The van der Waals surface area contributed by atoms with Crippen LogP contribution < -0.4 is 0 Å². The van der Waals surface area contributed by atoms with Gasteiger partial charge in [-0.3, -0.25) is 9.59 Å². The second kappa shape index (κ2) is 6.14. The van der Waals surface area contributed by atoms with E-state index < -0.39 is 23.8 Å². The zero-order valence-corrected chi connectivity index (χ0v) is 20.0. The van der Waals surface area contributed by atoms with Gasteiger partial charge in [0.1, 0.15) is 0 Å². The standard InChI is InChI=1S/C30H38O4/c31-28(32)25-15-9-16(26(25)29(33)34)24-20-11-18(23(15)24)27-17-10-19(22-13-7-6-12(8-13)21(17)22)30(20,27)14-4-2-1-3-5-14/h6-7,12-27H,1-5,8-11H2,(H,31,32)(H,33,34). The van der Waals surface area contributed by atoms with Gasteiger partial charge in [-0.2, -0.15) is 0 Å². The number of aliphatic carboxylic acids is 2. The molecule has 4 heteroatoms. The molecular weight excluding hydrogens is 424 g/mol. The number of carboxylic acid groups (broad SMARTS) is 2. The Balaban J connectivity index is 1.19. The zero-order valence-electron chi connectivity index (χ0n) is 20.0. The largest absolute Gasteiger partial charge is 0.481 e. The van der Waals surface area contributed by atoms with Gasteiger partial charge in [0.05, 0.1) is 11.8 Å². The summed E-state index contributed by atoms with van der Waals surface area (Å²) < 4.78 is 0. The van der Waals surface area contributed by atoms with Gasteiger partial charge in [-0.05, 0) is 127 Å². The van der Waals surface area contributed by atoms with Crippen LogP contribution in [0.5, 0.6) is 0 Å². The molecular formula is C30H38O4. The molecule has 9 aliphatic rings. The number of fused-ring (bicyclic) bond motifs is 23. The minimum atomic E-state index is -0.828. The first-order valence-electron chi connectivity index (χ1n) is 14.7. The van der Waals surface area contributed by atoms with Crippen LogP contribution in [-0.4, -0.2) is 22.2 Å². The van der Waals surface area contributed by atoms with Crippen molar-refractivity contribution in [1.29, 1.82) is 0 Å². The normalized spacial score (nSPS) is 63.5. The molecule has 0 spiro atoms. The molecule has 34 heavy (non-hydrogen) atoms. The van der Waals surface area contributed by atoms with E-state index >= 15 is 0 Å². The molecule has 0 aliphatic heterocycles. The van der Waals surface area contributed by atoms with Crippen LogP contribution in [0.3, 0.4) is 0 Å². The first kappa shape index (κ1) is 19.8. The summed E-state index contributed by atoms with van der Waals surface area (Å²) in [6.45, 7) is 0. The lowest BCUT2D eigenvalue weighted by molar-refractivity contribution is -0.171. The number of hydrogen-bond donors (Lipinski definition) is 2. The highest BCUT2D eigenvalue weighted by Crippen LogP contribution is 2.87. The Labute approximate surface area is 201 Å². The van der Waals surface area contributed by atoms with Crippen molar-refractivity contribution in [2.75, 3.05) is 0 Å². The molecule has 0 saturated heterocycles. The van der Waals surface area contributed by atoms with E-state index in [1.165, 1.54) is 51.4 Å². The molecule has 0 amide bonds. The molecule has 4 nitrogen and oxygen atoms in total. The van der Waals surface area contributed by atoms with E-state index in [9.17, 15) is 19.8 Å². The maximum Gasteiger partial charge on any atom is 0.307 e. The van der Waals surface area contributed by atoms with Crippen LogP contribution in [0.25, 0.3) is 0 Å². The molecule has 182 valence electrons. The van der Waals surface area contributed by atoms with Crippen molar-refractivity contribution < 1.29 is 19.8 Å². The van der Waals surface area contributed by atoms with Crippen molar-refractivity contribution in [3.63, 3.8) is 0 Å². The summed E-state index contributed by atoms with van der Waals surface area (Å²) >= 11 is 0. The van der Waals surface area contributed by atoms with E-state index in [4.69, 9.17) is 0 Å². The van der Waals surface area contributed by atoms with Crippen molar-refractivity contribution >= 4 is 11.9 Å². The Morgan fingerprint density at radius 2 is 1.24 bits per heavy atom. The summed E-state index contributed by atoms with van der Waals surface area (Å²) in [5.41, 5.74) is 0.475. The number of hydrogen-bond acceptors (Lipinski definition) is 2. The van der Waals surface area contributed by atoms with E-state index in [-0.39, 0.29) is 11.8 Å². The Morgan fingerprint density at radius 1 is 0.647 bits per heavy atom. The van der Waals surface area contributed by atoms with Gasteiger partial charge in [0.15, 0.2) is 0 Å². The fourth-order valence-corrected chi connectivity index (χ4v) is 14.8. The molecule has 2 N–H and O–H groups in total. The third kappa shape index (κ3) is 1.89. The van der Waals surface area contributed by atoms with Crippen LogP contribution in [0.1, 0.15) is 57.8 Å². The second-order valence-corrected chi connectivity index (χ2v) is 14.4. The average molecular weight is 463 g/mol. The predicted molar refractivity (Wildman–Crippen MR) is 124 cm³/mol. The molecule has 8 saturated carbocycles. The van der Waals surface area contributed by atoms with Crippen molar-refractivity contribution in [3.05, 3.63) is 12.2 Å². The van der Waals surface area contributed by atoms with Gasteiger partial charge in [-0.25, -0.2) is 0 Å². The fourth-order valence-electron chi connectivity index (χ4n) is 14.8. The Bertz CT molecular complexity index is 1010. The molecule has 0 aromatic heterocycles. The molecule has 8 bridgehead atoms. The number of carbonyl (C=O) groups is 2. The van der Waals surface area contributed by atoms with Crippen molar-refractivity contribution in [2.45, 2.75) is 57.8 Å². The van der Waals surface area contributed by atoms with Crippen molar-refractivity contribution in [3.8, 4) is 0 Å². The van der Waals surface area contributed by atoms with Crippen LogP contribution in [0.2, 0.25) is 0 Å². The van der Waals surface area contributed by atoms with E-state index in [1.807, 2.05) is 0 Å². The molecule has 9 rings (SSSR count). The van der Waals surface area contributed by atoms with Crippen LogP contribution in [0.15, 0.2) is 12.2 Å². The van der Waals surface area contributed by atoms with Crippen LogP contribution in [-0.2, 0) is 9.59 Å². The van der Waals surface area contributed by atoms with E-state index in [2.05, 4.69) is 12.2 Å². The molecule has 0 radical (unpaired) electrons. The van der Waals surface area contributed by atoms with Gasteiger partial charge in [0.25, 0.3) is 0 Å². The lowest BCUT2D eigenvalue weighted by atomic mass is 9.43. The van der Waals surface area contributed by atoms with Gasteiger partial charge in [0, 0.05) is 0 Å². The summed E-state index contributed by atoms with van der Waals surface area (Å²) in [4.78, 5) is 24.7. The SMILES string of the molecule is O=C(O)C1C2CC(C1C(=O)O)C1C2C2CC1C1(C3CCCCC3)C3CC(C4C5C=CC(C5)C43)C21. The molecule has 0 aromatic carbocycles. The highest BCUT2D eigenvalue weighted by molar-refractivity contribution is 5.82. The Hall–Kier alpha value is -1.32. The van der Waals surface area contributed by atoms with Crippen LogP contribution >= 0.6 is 0 Å². The summed E-state index contributed by atoms with van der Waals surface area (Å²) in [5, 5.41) is 20.3. The fraction of sp³-hybridized carbons (Fsp3) is 0.867. The minimum Gasteiger partial charge on any atom is -0.481 e. The van der Waals surface area contributed by atoms with Gasteiger partial charge in [0.2, 0.25) is 0 Å². The van der Waals surface area contributed by atoms with Crippen LogP contribution in [0, 0.1) is 100 Å². The van der Waals surface area contributed by atoms with Gasteiger partial charge >= 0.3 is 11.9 Å². The quantitative estimate of drug-likeness (QED) is 0.447. The molecule has 0 heterocycles. The van der Waals surface area contributed by atoms with E-state index in [0.29, 0.717) is 29.1 Å². The van der Waals surface area contributed by atoms with Gasteiger partial charge < -0.3 is 10.2 Å². The van der Waals surface area contributed by atoms with Gasteiger partial charge in [-0.15, -0.1) is 0 Å². The third-order valence-electron chi connectivity index (χ3n) is 14.5.